The third-order valence-corrected chi connectivity index (χ3v) is 2.51. The summed E-state index contributed by atoms with van der Waals surface area (Å²) in [5, 5.41) is 16.9. The van der Waals surface area contributed by atoms with Gasteiger partial charge in [0.2, 0.25) is 0 Å². The number of ether oxygens (including phenoxy) is 1. The van der Waals surface area contributed by atoms with Crippen LogP contribution in [0.25, 0.3) is 0 Å². The van der Waals surface area contributed by atoms with Crippen LogP contribution < -0.4 is 4.74 Å². The number of rotatable bonds is 4. The number of carboxylic acid groups (broad SMARTS) is 1. The molecular formula is C15H12N2O4. The molecule has 0 radical (unpaired) electrons. The minimum Gasteiger partial charge on any atom is -0.478 e. The molecule has 0 saturated heterocycles. The highest BCUT2D eigenvalue weighted by Gasteiger charge is 2.07. The van der Waals surface area contributed by atoms with Crippen molar-refractivity contribution in [1.29, 1.82) is 0 Å². The van der Waals surface area contributed by atoms with Gasteiger partial charge in [-0.05, 0) is 36.4 Å². The molecule has 0 aliphatic heterocycles. The molecule has 2 aromatic carbocycles. The van der Waals surface area contributed by atoms with E-state index in [9.17, 15) is 9.59 Å². The Kier molecular flexibility index (Phi) is 4.40. The van der Waals surface area contributed by atoms with Crippen LogP contribution in [-0.4, -0.2) is 17.0 Å². The summed E-state index contributed by atoms with van der Waals surface area (Å²) in [5.41, 5.74) is 0.873. The maximum atomic E-state index is 11.0. The van der Waals surface area contributed by atoms with Crippen LogP contribution in [0.1, 0.15) is 17.3 Å². The fourth-order valence-corrected chi connectivity index (χ4v) is 1.60. The minimum absolute atomic E-state index is 0.0813. The van der Waals surface area contributed by atoms with Crippen molar-refractivity contribution >= 4 is 23.3 Å². The second-order valence-corrected chi connectivity index (χ2v) is 4.11. The molecule has 2 rings (SSSR count). The number of hydrogen-bond donors (Lipinski definition) is 1. The van der Waals surface area contributed by atoms with Crippen molar-refractivity contribution in [1.82, 2.24) is 0 Å². The molecule has 106 valence electrons. The lowest BCUT2D eigenvalue weighted by molar-refractivity contribution is -0.131. The quantitative estimate of drug-likeness (QED) is 0.526. The first-order valence-electron chi connectivity index (χ1n) is 6.09. The van der Waals surface area contributed by atoms with E-state index >= 15 is 0 Å². The molecule has 0 fully saturated rings. The molecule has 6 nitrogen and oxygen atoms in total. The van der Waals surface area contributed by atoms with Gasteiger partial charge in [0.1, 0.15) is 11.4 Å². The first kappa shape index (κ1) is 14.4. The summed E-state index contributed by atoms with van der Waals surface area (Å²) in [6.45, 7) is 1.32. The highest BCUT2D eigenvalue weighted by atomic mass is 16.5. The smallest absolute Gasteiger partial charge is 0.337 e. The number of carboxylic acids is 1. The minimum atomic E-state index is -1.06. The van der Waals surface area contributed by atoms with E-state index < -0.39 is 11.9 Å². The number of carbonyl (C=O) groups is 2. The molecule has 0 unspecified atom stereocenters. The largest absolute Gasteiger partial charge is 0.478 e. The molecule has 0 atom stereocenters. The molecule has 0 bridgehead atoms. The Bertz CT molecular complexity index is 693. The fourth-order valence-electron chi connectivity index (χ4n) is 1.60. The standard InChI is InChI=1S/C15H12N2O4/c1-10(18)21-12-8-6-11(7-9-12)16-17-14-5-3-2-4-13(14)15(19)20/h2-9H,1H3,(H,19,20). The van der Waals surface area contributed by atoms with E-state index in [0.29, 0.717) is 11.4 Å². The van der Waals surface area contributed by atoms with E-state index in [4.69, 9.17) is 9.84 Å². The highest BCUT2D eigenvalue weighted by molar-refractivity contribution is 5.93. The Hall–Kier alpha value is -3.02. The second-order valence-electron chi connectivity index (χ2n) is 4.11. The summed E-state index contributed by atoms with van der Waals surface area (Å²) in [7, 11) is 0. The van der Waals surface area contributed by atoms with Crippen molar-refractivity contribution in [2.24, 2.45) is 10.2 Å². The Morgan fingerprint density at radius 1 is 1.00 bits per heavy atom. The van der Waals surface area contributed by atoms with E-state index in [1.165, 1.54) is 13.0 Å². The number of benzene rings is 2. The number of azo groups is 1. The lowest BCUT2D eigenvalue weighted by Crippen LogP contribution is -2.00. The summed E-state index contributed by atoms with van der Waals surface area (Å²) in [4.78, 5) is 21.8. The monoisotopic (exact) mass is 284 g/mol. The summed E-state index contributed by atoms with van der Waals surface area (Å²) in [6, 6.07) is 12.7. The third-order valence-electron chi connectivity index (χ3n) is 2.51. The SMILES string of the molecule is CC(=O)Oc1ccc(N=Nc2ccccc2C(=O)O)cc1. The van der Waals surface area contributed by atoms with Gasteiger partial charge in [-0.3, -0.25) is 4.79 Å². The molecule has 21 heavy (non-hydrogen) atoms. The van der Waals surface area contributed by atoms with Crippen LogP contribution in [0.3, 0.4) is 0 Å². The summed E-state index contributed by atoms with van der Waals surface area (Å²) in [6.07, 6.45) is 0. The summed E-state index contributed by atoms with van der Waals surface area (Å²) < 4.78 is 4.89. The van der Waals surface area contributed by atoms with Crippen molar-refractivity contribution in [3.8, 4) is 5.75 Å². The van der Waals surface area contributed by atoms with Gasteiger partial charge in [0.15, 0.2) is 0 Å². The predicted octanol–water partition coefficient (Wildman–Crippen LogP) is 3.73. The van der Waals surface area contributed by atoms with Crippen LogP contribution in [-0.2, 0) is 4.79 Å². The fraction of sp³-hybridized carbons (Fsp3) is 0.0667. The average molecular weight is 284 g/mol. The van der Waals surface area contributed by atoms with Crippen molar-refractivity contribution in [2.75, 3.05) is 0 Å². The van der Waals surface area contributed by atoms with E-state index in [1.54, 1.807) is 42.5 Å². The van der Waals surface area contributed by atoms with Gasteiger partial charge >= 0.3 is 11.9 Å². The van der Waals surface area contributed by atoms with Crippen molar-refractivity contribution < 1.29 is 19.4 Å². The van der Waals surface area contributed by atoms with E-state index in [2.05, 4.69) is 10.2 Å². The second kappa shape index (κ2) is 6.42. The molecule has 6 heteroatoms. The predicted molar refractivity (Wildman–Crippen MR) is 75.3 cm³/mol. The topological polar surface area (TPSA) is 88.3 Å². The maximum Gasteiger partial charge on any atom is 0.337 e. The summed E-state index contributed by atoms with van der Waals surface area (Å²) >= 11 is 0. The Labute approximate surface area is 120 Å². The number of hydrogen-bond acceptors (Lipinski definition) is 5. The zero-order chi connectivity index (χ0) is 15.2. The van der Waals surface area contributed by atoms with E-state index in [-0.39, 0.29) is 11.3 Å². The van der Waals surface area contributed by atoms with Gasteiger partial charge in [-0.1, -0.05) is 12.1 Å². The molecule has 2 aromatic rings. The molecule has 0 heterocycles. The van der Waals surface area contributed by atoms with Gasteiger partial charge in [-0.2, -0.15) is 5.11 Å². The van der Waals surface area contributed by atoms with Crippen molar-refractivity contribution in [3.63, 3.8) is 0 Å². The van der Waals surface area contributed by atoms with Crippen LogP contribution in [0.4, 0.5) is 11.4 Å². The average Bonchev–Trinajstić information content (AvgIpc) is 2.46. The lowest BCUT2D eigenvalue weighted by atomic mass is 10.2. The van der Waals surface area contributed by atoms with Crippen LogP contribution in [0, 0.1) is 0 Å². The highest BCUT2D eigenvalue weighted by Crippen LogP contribution is 2.23. The Morgan fingerprint density at radius 2 is 1.67 bits per heavy atom. The number of nitrogens with zero attached hydrogens (tertiary/aromatic N) is 2. The first-order chi connectivity index (χ1) is 10.1. The van der Waals surface area contributed by atoms with Crippen LogP contribution in [0.2, 0.25) is 0 Å². The van der Waals surface area contributed by atoms with Crippen molar-refractivity contribution in [2.45, 2.75) is 6.92 Å². The molecule has 0 saturated carbocycles. The van der Waals surface area contributed by atoms with Gasteiger partial charge in [-0.15, -0.1) is 5.11 Å². The van der Waals surface area contributed by atoms with E-state index in [1.807, 2.05) is 0 Å². The van der Waals surface area contributed by atoms with Gasteiger partial charge in [0.05, 0.1) is 11.3 Å². The van der Waals surface area contributed by atoms with E-state index in [0.717, 1.165) is 0 Å². The van der Waals surface area contributed by atoms with Crippen LogP contribution in [0.5, 0.6) is 5.75 Å². The molecule has 0 spiro atoms. The normalized spacial score (nSPS) is 10.5. The first-order valence-corrected chi connectivity index (χ1v) is 6.09. The maximum absolute atomic E-state index is 11.0. The Morgan fingerprint density at radius 3 is 2.29 bits per heavy atom. The van der Waals surface area contributed by atoms with Crippen LogP contribution in [0.15, 0.2) is 58.8 Å². The van der Waals surface area contributed by atoms with Crippen molar-refractivity contribution in [3.05, 3.63) is 54.1 Å². The van der Waals surface area contributed by atoms with Crippen LogP contribution >= 0.6 is 0 Å². The molecule has 0 aliphatic carbocycles. The lowest BCUT2D eigenvalue weighted by Gasteiger charge is -2.01. The molecular weight excluding hydrogens is 272 g/mol. The Balaban J connectivity index is 2.18. The van der Waals surface area contributed by atoms with Gasteiger partial charge < -0.3 is 9.84 Å². The van der Waals surface area contributed by atoms with Gasteiger partial charge in [0.25, 0.3) is 0 Å². The molecule has 0 amide bonds. The van der Waals surface area contributed by atoms with Gasteiger partial charge in [0, 0.05) is 6.92 Å². The number of carbonyl (C=O) groups excluding carboxylic acids is 1. The van der Waals surface area contributed by atoms with Gasteiger partial charge in [-0.25, -0.2) is 4.79 Å². The number of esters is 1. The molecule has 0 aromatic heterocycles. The molecule has 0 aliphatic rings. The number of aromatic carboxylic acids is 1. The zero-order valence-corrected chi connectivity index (χ0v) is 11.2. The third kappa shape index (κ3) is 3.97. The summed E-state index contributed by atoms with van der Waals surface area (Å²) in [5.74, 6) is -1.05. The zero-order valence-electron chi connectivity index (χ0n) is 11.2. The molecule has 1 N–H and O–H groups in total.